The number of carbonyl (C=O) groups is 1. The van der Waals surface area contributed by atoms with Crippen molar-refractivity contribution in [3.8, 4) is 11.5 Å². The van der Waals surface area contributed by atoms with Gasteiger partial charge in [0.1, 0.15) is 0 Å². The Morgan fingerprint density at radius 3 is 2.33 bits per heavy atom. The molecule has 2 aromatic rings. The van der Waals surface area contributed by atoms with E-state index in [-0.39, 0.29) is 11.4 Å². The molecule has 0 bridgehead atoms. The van der Waals surface area contributed by atoms with Crippen molar-refractivity contribution < 1.29 is 22.7 Å². The number of aryl methyl sites for hydroxylation is 2. The Morgan fingerprint density at radius 2 is 1.70 bits per heavy atom. The zero-order valence-electron chi connectivity index (χ0n) is 16.1. The first kappa shape index (κ1) is 20.7. The van der Waals surface area contributed by atoms with E-state index in [0.717, 1.165) is 15.4 Å². The quantitative estimate of drug-likeness (QED) is 0.783. The molecule has 0 aliphatic carbocycles. The van der Waals surface area contributed by atoms with Crippen LogP contribution in [0.15, 0.2) is 41.3 Å². The Morgan fingerprint density at radius 1 is 1.04 bits per heavy atom. The average Bonchev–Trinajstić information content (AvgIpc) is 2.63. The topological polar surface area (TPSA) is 84.9 Å². The standard InChI is InChI=1S/C19H24N2O5S/c1-13-6-7-14(2)16(10-13)20-19(22)12-21(3)27(23,24)15-8-9-17(25-4)18(11-15)26-5/h6-11H,12H2,1-5H3,(H,20,22). The van der Waals surface area contributed by atoms with Gasteiger partial charge in [-0.05, 0) is 43.2 Å². The fraction of sp³-hybridized carbons (Fsp3) is 0.316. The molecule has 146 valence electrons. The monoisotopic (exact) mass is 392 g/mol. The van der Waals surface area contributed by atoms with Gasteiger partial charge in [-0.1, -0.05) is 12.1 Å². The van der Waals surface area contributed by atoms with Crippen LogP contribution in [0.2, 0.25) is 0 Å². The van der Waals surface area contributed by atoms with Crippen molar-refractivity contribution in [1.82, 2.24) is 4.31 Å². The molecule has 27 heavy (non-hydrogen) atoms. The van der Waals surface area contributed by atoms with Crippen LogP contribution in [0.25, 0.3) is 0 Å². The molecule has 0 unspecified atom stereocenters. The summed E-state index contributed by atoms with van der Waals surface area (Å²) < 4.78 is 36.8. The Labute approximate surface area is 160 Å². The Balaban J connectivity index is 2.17. The van der Waals surface area contributed by atoms with E-state index in [1.807, 2.05) is 32.0 Å². The second kappa shape index (κ2) is 8.41. The lowest BCUT2D eigenvalue weighted by molar-refractivity contribution is -0.116. The highest BCUT2D eigenvalue weighted by Gasteiger charge is 2.24. The number of hydrogen-bond acceptors (Lipinski definition) is 5. The van der Waals surface area contributed by atoms with Crippen molar-refractivity contribution in [1.29, 1.82) is 0 Å². The summed E-state index contributed by atoms with van der Waals surface area (Å²) in [6.45, 7) is 3.48. The molecule has 0 radical (unpaired) electrons. The third-order valence-corrected chi connectivity index (χ3v) is 5.90. The minimum atomic E-state index is -3.87. The number of anilines is 1. The first-order chi connectivity index (χ1) is 12.7. The molecule has 7 nitrogen and oxygen atoms in total. The van der Waals surface area contributed by atoms with Gasteiger partial charge in [0.05, 0.1) is 25.7 Å². The lowest BCUT2D eigenvalue weighted by Crippen LogP contribution is -2.35. The number of likely N-dealkylation sites (N-methyl/N-ethyl adjacent to an activating group) is 1. The minimum Gasteiger partial charge on any atom is -0.493 e. The SMILES string of the molecule is COc1ccc(S(=O)(=O)N(C)CC(=O)Nc2cc(C)ccc2C)cc1OC. The fourth-order valence-corrected chi connectivity index (χ4v) is 3.65. The molecule has 8 heteroatoms. The van der Waals surface area contributed by atoms with E-state index in [2.05, 4.69) is 5.32 Å². The molecule has 0 spiro atoms. The van der Waals surface area contributed by atoms with E-state index in [1.165, 1.54) is 39.5 Å². The molecule has 1 N–H and O–H groups in total. The summed E-state index contributed by atoms with van der Waals surface area (Å²) >= 11 is 0. The van der Waals surface area contributed by atoms with Crippen LogP contribution in [0, 0.1) is 13.8 Å². The molecule has 0 aromatic heterocycles. The Kier molecular flexibility index (Phi) is 6.45. The summed E-state index contributed by atoms with van der Waals surface area (Å²) in [6.07, 6.45) is 0. The van der Waals surface area contributed by atoms with Gasteiger partial charge in [0.25, 0.3) is 0 Å². The van der Waals surface area contributed by atoms with Gasteiger partial charge in [0.2, 0.25) is 15.9 Å². The average molecular weight is 392 g/mol. The second-order valence-electron chi connectivity index (χ2n) is 6.14. The first-order valence-electron chi connectivity index (χ1n) is 8.24. The molecule has 0 atom stereocenters. The number of amides is 1. The summed E-state index contributed by atoms with van der Waals surface area (Å²) in [6, 6.07) is 9.97. The molecule has 0 aliphatic heterocycles. The minimum absolute atomic E-state index is 0.0159. The van der Waals surface area contributed by atoms with Gasteiger partial charge in [-0.25, -0.2) is 8.42 Å². The first-order valence-corrected chi connectivity index (χ1v) is 9.68. The van der Waals surface area contributed by atoms with Gasteiger partial charge < -0.3 is 14.8 Å². The number of rotatable bonds is 7. The molecule has 0 saturated carbocycles. The molecule has 2 aromatic carbocycles. The molecule has 0 saturated heterocycles. The number of hydrogen-bond donors (Lipinski definition) is 1. The summed E-state index contributed by atoms with van der Waals surface area (Å²) in [5.74, 6) is 0.300. The molecule has 2 rings (SSSR count). The summed E-state index contributed by atoms with van der Waals surface area (Å²) in [5, 5.41) is 2.76. The number of sulfonamides is 1. The lowest BCUT2D eigenvalue weighted by Gasteiger charge is -2.18. The van der Waals surface area contributed by atoms with Crippen molar-refractivity contribution in [2.75, 3.05) is 33.1 Å². The van der Waals surface area contributed by atoms with E-state index in [0.29, 0.717) is 17.2 Å². The number of nitrogens with zero attached hydrogens (tertiary/aromatic N) is 1. The largest absolute Gasteiger partial charge is 0.493 e. The van der Waals surface area contributed by atoms with Crippen molar-refractivity contribution in [3.05, 3.63) is 47.5 Å². The van der Waals surface area contributed by atoms with Gasteiger partial charge in [-0.3, -0.25) is 4.79 Å². The van der Waals surface area contributed by atoms with E-state index >= 15 is 0 Å². The predicted molar refractivity (Wildman–Crippen MR) is 104 cm³/mol. The van der Waals surface area contributed by atoms with Crippen LogP contribution in [0.4, 0.5) is 5.69 Å². The Hall–Kier alpha value is -2.58. The van der Waals surface area contributed by atoms with Gasteiger partial charge in [0, 0.05) is 18.8 Å². The van der Waals surface area contributed by atoms with Gasteiger partial charge in [-0.2, -0.15) is 4.31 Å². The fourth-order valence-electron chi connectivity index (χ4n) is 2.50. The maximum absolute atomic E-state index is 12.8. The molecule has 1 amide bonds. The highest BCUT2D eigenvalue weighted by atomic mass is 32.2. The van der Waals surface area contributed by atoms with E-state index < -0.39 is 15.9 Å². The van der Waals surface area contributed by atoms with Crippen molar-refractivity contribution >= 4 is 21.6 Å². The van der Waals surface area contributed by atoms with Gasteiger partial charge in [0.15, 0.2) is 11.5 Å². The number of nitrogens with one attached hydrogen (secondary N) is 1. The van der Waals surface area contributed by atoms with Crippen LogP contribution < -0.4 is 14.8 Å². The molecule has 0 heterocycles. The van der Waals surface area contributed by atoms with Crippen molar-refractivity contribution in [2.24, 2.45) is 0 Å². The summed E-state index contributed by atoms with van der Waals surface area (Å²) in [7, 11) is 0.385. The normalized spacial score (nSPS) is 11.3. The number of ether oxygens (including phenoxy) is 2. The third-order valence-electron chi connectivity index (χ3n) is 4.10. The van der Waals surface area contributed by atoms with Crippen LogP contribution in [0.5, 0.6) is 11.5 Å². The van der Waals surface area contributed by atoms with E-state index in [1.54, 1.807) is 0 Å². The van der Waals surface area contributed by atoms with E-state index in [4.69, 9.17) is 9.47 Å². The lowest BCUT2D eigenvalue weighted by atomic mass is 10.1. The zero-order chi connectivity index (χ0) is 20.2. The molecule has 0 fully saturated rings. The van der Waals surface area contributed by atoms with Crippen LogP contribution >= 0.6 is 0 Å². The predicted octanol–water partition coefficient (Wildman–Crippen LogP) is 2.58. The zero-order valence-corrected chi connectivity index (χ0v) is 16.9. The maximum Gasteiger partial charge on any atom is 0.243 e. The summed E-state index contributed by atoms with van der Waals surface area (Å²) in [4.78, 5) is 12.3. The maximum atomic E-state index is 12.8. The van der Waals surface area contributed by atoms with E-state index in [9.17, 15) is 13.2 Å². The molecular formula is C19H24N2O5S. The van der Waals surface area contributed by atoms with Crippen molar-refractivity contribution in [3.63, 3.8) is 0 Å². The molecular weight excluding hydrogens is 368 g/mol. The smallest absolute Gasteiger partial charge is 0.243 e. The van der Waals surface area contributed by atoms with Crippen LogP contribution in [-0.4, -0.2) is 46.4 Å². The van der Waals surface area contributed by atoms with Crippen LogP contribution in [0.3, 0.4) is 0 Å². The second-order valence-corrected chi connectivity index (χ2v) is 8.19. The van der Waals surface area contributed by atoms with Crippen LogP contribution in [-0.2, 0) is 14.8 Å². The highest BCUT2D eigenvalue weighted by Crippen LogP contribution is 2.30. The Bertz CT molecular complexity index is 941. The van der Waals surface area contributed by atoms with Gasteiger partial charge in [-0.15, -0.1) is 0 Å². The van der Waals surface area contributed by atoms with Gasteiger partial charge >= 0.3 is 0 Å². The molecule has 0 aliphatic rings. The van der Waals surface area contributed by atoms with Crippen LogP contribution in [0.1, 0.15) is 11.1 Å². The highest BCUT2D eigenvalue weighted by molar-refractivity contribution is 7.89. The number of methoxy groups -OCH3 is 2. The number of benzene rings is 2. The van der Waals surface area contributed by atoms with Crippen molar-refractivity contribution in [2.45, 2.75) is 18.7 Å². The number of carbonyl (C=O) groups excluding carboxylic acids is 1. The summed E-state index contributed by atoms with van der Waals surface area (Å²) in [5.41, 5.74) is 2.57. The third kappa shape index (κ3) is 4.78.